The molecule has 0 N–H and O–H groups in total. The molecule has 0 saturated carbocycles. The number of ether oxygens (including phenoxy) is 1. The molecule has 0 aliphatic carbocycles. The molecular weight excluding hydrogens is 208 g/mol. The lowest BCUT2D eigenvalue weighted by molar-refractivity contribution is -0.140. The Bertz CT molecular complexity index is 241. The molecule has 0 aromatic rings. The van der Waals surface area contributed by atoms with Crippen molar-refractivity contribution in [1.82, 2.24) is 9.80 Å². The van der Waals surface area contributed by atoms with Crippen LogP contribution >= 0.6 is 0 Å². The van der Waals surface area contributed by atoms with Crippen LogP contribution in [0, 0.1) is 0 Å². The minimum atomic E-state index is -0.118. The smallest absolute Gasteiger partial charge is 0.240 e. The van der Waals surface area contributed by atoms with E-state index in [9.17, 15) is 9.90 Å². The van der Waals surface area contributed by atoms with Gasteiger partial charge >= 0.3 is 0 Å². The average molecular weight is 227 g/mol. The van der Waals surface area contributed by atoms with Crippen molar-refractivity contribution >= 4 is 5.91 Å². The van der Waals surface area contributed by atoms with Crippen LogP contribution in [0.15, 0.2) is 0 Å². The van der Waals surface area contributed by atoms with Crippen molar-refractivity contribution in [2.75, 3.05) is 46.0 Å². The van der Waals surface area contributed by atoms with Crippen molar-refractivity contribution in [2.24, 2.45) is 0 Å². The van der Waals surface area contributed by atoms with Gasteiger partial charge in [-0.3, -0.25) is 9.69 Å². The third-order valence-electron chi connectivity index (χ3n) is 3.35. The highest BCUT2D eigenvalue weighted by Gasteiger charge is 2.33. The molecule has 2 heterocycles. The topological polar surface area (TPSA) is 52.7 Å². The highest BCUT2D eigenvalue weighted by Crippen LogP contribution is 2.19. The van der Waals surface area contributed by atoms with E-state index < -0.39 is 0 Å². The molecule has 1 atom stereocenters. The van der Waals surface area contributed by atoms with Gasteiger partial charge in [0.15, 0.2) is 0 Å². The van der Waals surface area contributed by atoms with E-state index in [1.54, 1.807) is 0 Å². The SMILES string of the molecule is [O]CCN1CCCC1C(=O)N1CCOCC1. The number of rotatable bonds is 3. The van der Waals surface area contributed by atoms with Crippen LogP contribution in [0.2, 0.25) is 0 Å². The molecule has 1 radical (unpaired) electrons. The number of amides is 1. The fraction of sp³-hybridized carbons (Fsp3) is 0.909. The molecule has 5 nitrogen and oxygen atoms in total. The molecule has 0 aromatic carbocycles. The Balaban J connectivity index is 1.91. The van der Waals surface area contributed by atoms with Crippen LogP contribution in [0.3, 0.4) is 0 Å². The summed E-state index contributed by atoms with van der Waals surface area (Å²) in [7, 11) is 0. The van der Waals surface area contributed by atoms with Gasteiger partial charge in [0.05, 0.1) is 25.9 Å². The van der Waals surface area contributed by atoms with Crippen LogP contribution in [0.1, 0.15) is 12.8 Å². The molecule has 0 spiro atoms. The van der Waals surface area contributed by atoms with E-state index in [2.05, 4.69) is 0 Å². The summed E-state index contributed by atoms with van der Waals surface area (Å²) >= 11 is 0. The highest BCUT2D eigenvalue weighted by molar-refractivity contribution is 5.82. The maximum absolute atomic E-state index is 12.2. The first kappa shape index (κ1) is 11.8. The summed E-state index contributed by atoms with van der Waals surface area (Å²) in [6.07, 6.45) is 1.93. The zero-order valence-corrected chi connectivity index (χ0v) is 9.56. The summed E-state index contributed by atoms with van der Waals surface area (Å²) in [5, 5.41) is 10.6. The van der Waals surface area contributed by atoms with Crippen LogP contribution in [0.25, 0.3) is 0 Å². The van der Waals surface area contributed by atoms with E-state index in [0.717, 1.165) is 19.4 Å². The van der Waals surface area contributed by atoms with Gasteiger partial charge in [0.1, 0.15) is 0 Å². The summed E-state index contributed by atoms with van der Waals surface area (Å²) in [6.45, 7) is 3.94. The van der Waals surface area contributed by atoms with Crippen molar-refractivity contribution in [3.8, 4) is 0 Å². The van der Waals surface area contributed by atoms with Gasteiger partial charge in [-0.15, -0.1) is 0 Å². The van der Waals surface area contributed by atoms with Gasteiger partial charge in [0, 0.05) is 19.6 Å². The van der Waals surface area contributed by atoms with E-state index in [1.165, 1.54) is 0 Å². The Morgan fingerprint density at radius 2 is 2.00 bits per heavy atom. The van der Waals surface area contributed by atoms with Crippen molar-refractivity contribution in [3.63, 3.8) is 0 Å². The summed E-state index contributed by atoms with van der Waals surface area (Å²) in [5.74, 6) is 0.189. The van der Waals surface area contributed by atoms with Crippen LogP contribution in [-0.4, -0.2) is 67.7 Å². The Morgan fingerprint density at radius 1 is 1.25 bits per heavy atom. The first-order valence-corrected chi connectivity index (χ1v) is 6.01. The monoisotopic (exact) mass is 227 g/mol. The predicted octanol–water partition coefficient (Wildman–Crippen LogP) is -0.260. The molecule has 2 fully saturated rings. The van der Waals surface area contributed by atoms with Crippen LogP contribution in [-0.2, 0) is 14.6 Å². The zero-order valence-electron chi connectivity index (χ0n) is 9.56. The molecular formula is C11H19N2O3. The summed E-state index contributed by atoms with van der Waals surface area (Å²) in [4.78, 5) is 16.1. The highest BCUT2D eigenvalue weighted by atomic mass is 16.5. The molecule has 5 heteroatoms. The first-order chi connectivity index (χ1) is 7.83. The second-order valence-corrected chi connectivity index (χ2v) is 4.34. The molecule has 2 aliphatic heterocycles. The molecule has 16 heavy (non-hydrogen) atoms. The van der Waals surface area contributed by atoms with Crippen LogP contribution < -0.4 is 0 Å². The summed E-state index contributed by atoms with van der Waals surface area (Å²) in [5.41, 5.74) is 0. The number of nitrogens with zero attached hydrogens (tertiary/aromatic N) is 2. The van der Waals surface area contributed by atoms with Gasteiger partial charge < -0.3 is 9.64 Å². The predicted molar refractivity (Wildman–Crippen MR) is 57.5 cm³/mol. The average Bonchev–Trinajstić information content (AvgIpc) is 2.78. The lowest BCUT2D eigenvalue weighted by atomic mass is 10.2. The van der Waals surface area contributed by atoms with Gasteiger partial charge in [0.2, 0.25) is 5.91 Å². The van der Waals surface area contributed by atoms with E-state index in [1.807, 2.05) is 9.80 Å². The normalized spacial score (nSPS) is 27.3. The van der Waals surface area contributed by atoms with Crippen molar-refractivity contribution < 1.29 is 14.6 Å². The number of hydrogen-bond donors (Lipinski definition) is 0. The molecule has 1 unspecified atom stereocenters. The third-order valence-corrected chi connectivity index (χ3v) is 3.35. The standard InChI is InChI=1S/C11H19N2O3/c14-7-4-12-3-1-2-10(12)11(15)13-5-8-16-9-6-13/h10H,1-9H2. The lowest BCUT2D eigenvalue weighted by Gasteiger charge is -2.32. The number of likely N-dealkylation sites (tertiary alicyclic amines) is 1. The number of carbonyl (C=O) groups excluding carboxylic acids is 1. The molecule has 0 bridgehead atoms. The van der Waals surface area contributed by atoms with E-state index in [0.29, 0.717) is 32.8 Å². The molecule has 1 amide bonds. The van der Waals surface area contributed by atoms with Gasteiger partial charge in [0.25, 0.3) is 0 Å². The molecule has 2 aliphatic rings. The Labute approximate surface area is 96.0 Å². The maximum Gasteiger partial charge on any atom is 0.240 e. The Kier molecular flexibility index (Phi) is 4.15. The van der Waals surface area contributed by atoms with Gasteiger partial charge in [-0.1, -0.05) is 0 Å². The number of carbonyl (C=O) groups is 1. The second-order valence-electron chi connectivity index (χ2n) is 4.34. The molecule has 0 aromatic heterocycles. The van der Waals surface area contributed by atoms with Crippen LogP contribution in [0.5, 0.6) is 0 Å². The van der Waals surface area contributed by atoms with Gasteiger partial charge in [-0.05, 0) is 19.4 Å². The number of morpholine rings is 1. The lowest BCUT2D eigenvalue weighted by Crippen LogP contribution is -2.50. The molecule has 91 valence electrons. The van der Waals surface area contributed by atoms with Crippen molar-refractivity contribution in [2.45, 2.75) is 18.9 Å². The van der Waals surface area contributed by atoms with Crippen molar-refractivity contribution in [1.29, 1.82) is 0 Å². The summed E-state index contributed by atoms with van der Waals surface area (Å²) in [6, 6.07) is -0.0490. The second kappa shape index (κ2) is 5.61. The van der Waals surface area contributed by atoms with E-state index in [4.69, 9.17) is 4.74 Å². The zero-order chi connectivity index (χ0) is 11.4. The minimum absolute atomic E-state index is 0.0490. The Hall–Kier alpha value is -0.650. The Morgan fingerprint density at radius 3 is 2.69 bits per heavy atom. The largest absolute Gasteiger partial charge is 0.378 e. The van der Waals surface area contributed by atoms with Gasteiger partial charge in [-0.25, -0.2) is 5.11 Å². The molecule has 2 rings (SSSR count). The van der Waals surface area contributed by atoms with E-state index in [-0.39, 0.29) is 18.6 Å². The maximum atomic E-state index is 12.2. The fourth-order valence-corrected chi connectivity index (χ4v) is 2.49. The first-order valence-electron chi connectivity index (χ1n) is 6.01. The molecule has 2 saturated heterocycles. The third kappa shape index (κ3) is 2.53. The van der Waals surface area contributed by atoms with Gasteiger partial charge in [-0.2, -0.15) is 0 Å². The fourth-order valence-electron chi connectivity index (χ4n) is 2.49. The van der Waals surface area contributed by atoms with Crippen LogP contribution in [0.4, 0.5) is 0 Å². The minimum Gasteiger partial charge on any atom is -0.378 e. The van der Waals surface area contributed by atoms with E-state index >= 15 is 0 Å². The summed E-state index contributed by atoms with van der Waals surface area (Å²) < 4.78 is 5.23. The quantitative estimate of drug-likeness (QED) is 0.667. The number of hydrogen-bond acceptors (Lipinski definition) is 3. The van der Waals surface area contributed by atoms with Crippen molar-refractivity contribution in [3.05, 3.63) is 0 Å².